The van der Waals surface area contributed by atoms with Crippen molar-refractivity contribution >= 4 is 46.7 Å². The van der Waals surface area contributed by atoms with Crippen LogP contribution in [0.25, 0.3) is 0 Å². The summed E-state index contributed by atoms with van der Waals surface area (Å²) in [6, 6.07) is 2.71. The standard InChI is InChI=1S/C17H15ClF3N3O2S2/c1-8-5-12-14(28-8)15(26)24(2)16(23-12)27-7-13(25)22-11-6-9(17(19,20)21)3-4-10(11)18/h3-4,6,8H,5,7H2,1-2H3,(H,22,25)/t8-/m0/s1. The molecule has 2 aromatic rings. The number of nitrogens with zero attached hydrogens (tertiary/aromatic N) is 2. The molecule has 1 aliphatic heterocycles. The third kappa shape index (κ3) is 4.49. The van der Waals surface area contributed by atoms with Crippen molar-refractivity contribution in [1.82, 2.24) is 9.55 Å². The number of carbonyl (C=O) groups is 1. The molecule has 0 unspecified atom stereocenters. The van der Waals surface area contributed by atoms with E-state index < -0.39 is 17.6 Å². The van der Waals surface area contributed by atoms with Gasteiger partial charge in [0.1, 0.15) is 0 Å². The fourth-order valence-corrected chi connectivity index (χ4v) is 4.71. The number of aromatic nitrogens is 2. The van der Waals surface area contributed by atoms with Gasteiger partial charge in [0, 0.05) is 18.7 Å². The van der Waals surface area contributed by atoms with Crippen molar-refractivity contribution in [3.63, 3.8) is 0 Å². The molecule has 0 fully saturated rings. The van der Waals surface area contributed by atoms with Crippen molar-refractivity contribution in [2.45, 2.75) is 34.8 Å². The normalized spacial score (nSPS) is 16.1. The van der Waals surface area contributed by atoms with E-state index in [1.807, 2.05) is 6.92 Å². The molecule has 28 heavy (non-hydrogen) atoms. The fourth-order valence-electron chi connectivity index (χ4n) is 2.62. The second-order valence-corrected chi connectivity index (χ2v) is 8.99. The maximum Gasteiger partial charge on any atom is 0.416 e. The summed E-state index contributed by atoms with van der Waals surface area (Å²) < 4.78 is 39.8. The highest BCUT2D eigenvalue weighted by atomic mass is 35.5. The molecular formula is C17H15ClF3N3O2S2. The second kappa shape index (κ2) is 8.00. The van der Waals surface area contributed by atoms with Crippen LogP contribution in [-0.2, 0) is 24.4 Å². The predicted octanol–water partition coefficient (Wildman–Crippen LogP) is 4.22. The number of fused-ring (bicyclic) bond motifs is 1. The van der Waals surface area contributed by atoms with E-state index in [-0.39, 0.29) is 27.3 Å². The van der Waals surface area contributed by atoms with Crippen molar-refractivity contribution in [1.29, 1.82) is 0 Å². The maximum atomic E-state index is 12.8. The number of nitrogens with one attached hydrogen (secondary N) is 1. The van der Waals surface area contributed by atoms with Crippen LogP contribution in [-0.4, -0.2) is 26.5 Å². The van der Waals surface area contributed by atoms with Crippen LogP contribution in [0.4, 0.5) is 18.9 Å². The molecule has 1 atom stereocenters. The van der Waals surface area contributed by atoms with Crippen molar-refractivity contribution in [3.05, 3.63) is 44.8 Å². The number of carbonyl (C=O) groups excluding carboxylic acids is 1. The van der Waals surface area contributed by atoms with Gasteiger partial charge in [0.2, 0.25) is 5.91 Å². The van der Waals surface area contributed by atoms with E-state index in [1.54, 1.807) is 7.05 Å². The van der Waals surface area contributed by atoms with E-state index in [2.05, 4.69) is 10.3 Å². The van der Waals surface area contributed by atoms with E-state index in [1.165, 1.54) is 16.3 Å². The summed E-state index contributed by atoms with van der Waals surface area (Å²) in [6.45, 7) is 2.00. The van der Waals surface area contributed by atoms with Crippen LogP contribution in [0.15, 0.2) is 33.0 Å². The molecule has 150 valence electrons. The minimum atomic E-state index is -4.54. The van der Waals surface area contributed by atoms with Gasteiger partial charge in [0.05, 0.1) is 32.6 Å². The SMILES string of the molecule is C[C@H]1Cc2nc(SCC(=O)Nc3cc(C(F)(F)F)ccc3Cl)n(C)c(=O)c2S1. The highest BCUT2D eigenvalue weighted by molar-refractivity contribution is 8.00. The largest absolute Gasteiger partial charge is 0.416 e. The van der Waals surface area contributed by atoms with Gasteiger partial charge < -0.3 is 5.32 Å². The van der Waals surface area contributed by atoms with Crippen LogP contribution in [0.5, 0.6) is 0 Å². The number of anilines is 1. The summed E-state index contributed by atoms with van der Waals surface area (Å²) in [5.41, 5.74) is -0.482. The number of amides is 1. The van der Waals surface area contributed by atoms with Gasteiger partial charge in [0.15, 0.2) is 5.16 Å². The van der Waals surface area contributed by atoms with Gasteiger partial charge in [-0.25, -0.2) is 4.98 Å². The summed E-state index contributed by atoms with van der Waals surface area (Å²) in [7, 11) is 1.57. The van der Waals surface area contributed by atoms with Crippen LogP contribution in [0, 0.1) is 0 Å². The number of rotatable bonds is 4. The quantitative estimate of drug-likeness (QED) is 0.559. The highest BCUT2D eigenvalue weighted by Gasteiger charge is 2.31. The number of halogens is 4. The average Bonchev–Trinajstić information content (AvgIpc) is 2.98. The maximum absolute atomic E-state index is 12.8. The Morgan fingerprint density at radius 1 is 1.46 bits per heavy atom. The first-order valence-electron chi connectivity index (χ1n) is 8.12. The molecule has 1 amide bonds. The summed E-state index contributed by atoms with van der Waals surface area (Å²) in [5.74, 6) is -0.683. The Kier molecular flexibility index (Phi) is 6.02. The zero-order chi connectivity index (χ0) is 20.6. The van der Waals surface area contributed by atoms with Crippen LogP contribution >= 0.6 is 35.1 Å². The Hall–Kier alpha value is -1.65. The van der Waals surface area contributed by atoms with Gasteiger partial charge in [-0.15, -0.1) is 11.8 Å². The van der Waals surface area contributed by atoms with Crippen molar-refractivity contribution < 1.29 is 18.0 Å². The fraction of sp³-hybridized carbons (Fsp3) is 0.353. The Bertz CT molecular complexity index is 995. The van der Waals surface area contributed by atoms with Gasteiger partial charge in [0.25, 0.3) is 5.56 Å². The molecule has 0 aliphatic carbocycles. The monoisotopic (exact) mass is 449 g/mol. The Balaban J connectivity index is 1.72. The lowest BCUT2D eigenvalue weighted by atomic mass is 10.2. The lowest BCUT2D eigenvalue weighted by molar-refractivity contribution is -0.137. The molecule has 1 aromatic heterocycles. The average molecular weight is 450 g/mol. The van der Waals surface area contributed by atoms with E-state index in [4.69, 9.17) is 11.6 Å². The smallest absolute Gasteiger partial charge is 0.324 e. The lowest BCUT2D eigenvalue weighted by Crippen LogP contribution is -2.23. The van der Waals surface area contributed by atoms with Crippen LogP contribution in [0.1, 0.15) is 18.2 Å². The molecule has 1 N–H and O–H groups in total. The highest BCUT2D eigenvalue weighted by Crippen LogP contribution is 2.35. The molecule has 0 spiro atoms. The molecule has 0 bridgehead atoms. The molecule has 1 aromatic carbocycles. The third-order valence-electron chi connectivity index (χ3n) is 3.98. The number of benzene rings is 1. The summed E-state index contributed by atoms with van der Waals surface area (Å²) >= 11 is 8.40. The van der Waals surface area contributed by atoms with Crippen LogP contribution in [0.3, 0.4) is 0 Å². The number of hydrogen-bond acceptors (Lipinski definition) is 5. The van der Waals surface area contributed by atoms with Gasteiger partial charge in [-0.2, -0.15) is 13.2 Å². The molecule has 11 heteroatoms. The molecule has 1 aliphatic rings. The van der Waals surface area contributed by atoms with Gasteiger partial charge >= 0.3 is 6.18 Å². The molecule has 0 radical (unpaired) electrons. The second-order valence-electron chi connectivity index (χ2n) is 6.20. The zero-order valence-corrected chi connectivity index (χ0v) is 17.2. The first-order valence-corrected chi connectivity index (χ1v) is 10.4. The Morgan fingerprint density at radius 2 is 2.18 bits per heavy atom. The van der Waals surface area contributed by atoms with Crippen LogP contribution in [0.2, 0.25) is 5.02 Å². The summed E-state index contributed by atoms with van der Waals surface area (Å²) in [6.07, 6.45) is -3.86. The van der Waals surface area contributed by atoms with Crippen molar-refractivity contribution in [2.24, 2.45) is 7.05 Å². The van der Waals surface area contributed by atoms with Crippen LogP contribution < -0.4 is 10.9 Å². The topological polar surface area (TPSA) is 64.0 Å². The number of hydrogen-bond donors (Lipinski definition) is 1. The van der Waals surface area contributed by atoms with E-state index >= 15 is 0 Å². The number of alkyl halides is 3. The Labute approximate surface area is 172 Å². The van der Waals surface area contributed by atoms with Gasteiger partial charge in [-0.05, 0) is 18.2 Å². The molecular weight excluding hydrogens is 435 g/mol. The first-order chi connectivity index (χ1) is 13.1. The first kappa shape index (κ1) is 21.1. The van der Waals surface area contributed by atoms with Gasteiger partial charge in [-0.3, -0.25) is 14.2 Å². The molecule has 0 saturated carbocycles. The van der Waals surface area contributed by atoms with E-state index in [0.29, 0.717) is 22.2 Å². The zero-order valence-electron chi connectivity index (χ0n) is 14.8. The summed E-state index contributed by atoms with van der Waals surface area (Å²) in [4.78, 5) is 29.7. The molecule has 5 nitrogen and oxygen atoms in total. The summed E-state index contributed by atoms with van der Waals surface area (Å²) in [5, 5.41) is 3.02. The minimum absolute atomic E-state index is 0.000387. The third-order valence-corrected chi connectivity index (χ3v) is 6.55. The van der Waals surface area contributed by atoms with E-state index in [0.717, 1.165) is 30.0 Å². The van der Waals surface area contributed by atoms with Crippen molar-refractivity contribution in [3.8, 4) is 0 Å². The van der Waals surface area contributed by atoms with Gasteiger partial charge in [-0.1, -0.05) is 30.3 Å². The van der Waals surface area contributed by atoms with E-state index in [9.17, 15) is 22.8 Å². The minimum Gasteiger partial charge on any atom is -0.324 e. The molecule has 0 saturated heterocycles. The predicted molar refractivity (Wildman–Crippen MR) is 104 cm³/mol. The molecule has 3 rings (SSSR count). The van der Waals surface area contributed by atoms with Crippen molar-refractivity contribution in [2.75, 3.05) is 11.1 Å². The lowest BCUT2D eigenvalue weighted by Gasteiger charge is -2.12. The number of thioether (sulfide) groups is 2. The molecule has 2 heterocycles. The Morgan fingerprint density at radius 3 is 2.86 bits per heavy atom.